The molecule has 0 saturated carbocycles. The van der Waals surface area contributed by atoms with Gasteiger partial charge in [-0.05, 0) is 37.3 Å². The minimum atomic E-state index is -0.912. The monoisotopic (exact) mass is 729 g/mol. The van der Waals surface area contributed by atoms with Crippen molar-refractivity contribution in [2.24, 2.45) is 0 Å². The summed E-state index contributed by atoms with van der Waals surface area (Å²) in [5, 5.41) is 21.9. The Bertz CT molecular complexity index is 751. The van der Waals surface area contributed by atoms with E-state index in [4.69, 9.17) is 38.6 Å². The standard InChI is InChI=1S/C42H80O5S2/c1-3-5-7-9-11-13-15-17-19-21-23-25-27-29-31-33-39(48)46-37(35-43)42-41(44)38(36-45-42)47-40(49)34-32-30-28-26-24-22-20-18-16-14-12-10-8-6-4-2/h37-38,41-44H,3-36H2,1-2H3/t37-,38+,41+,42+/m0/s1. The zero-order valence-electron chi connectivity index (χ0n) is 32.3. The molecule has 0 aromatic carbocycles. The van der Waals surface area contributed by atoms with Crippen LogP contribution in [0, 0.1) is 0 Å². The van der Waals surface area contributed by atoms with Crippen molar-refractivity contribution in [1.82, 2.24) is 0 Å². The largest absolute Gasteiger partial charge is 0.479 e. The Morgan fingerprint density at radius 1 is 0.551 bits per heavy atom. The third-order valence-corrected chi connectivity index (χ3v) is 10.9. The molecule has 0 unspecified atom stereocenters. The molecule has 7 heteroatoms. The van der Waals surface area contributed by atoms with Gasteiger partial charge in [0.15, 0.2) is 22.3 Å². The van der Waals surface area contributed by atoms with E-state index in [0.29, 0.717) is 16.5 Å². The Labute approximate surface area is 314 Å². The van der Waals surface area contributed by atoms with Gasteiger partial charge in [0, 0.05) is 12.8 Å². The Hall–Kier alpha value is -0.340. The first-order valence-electron chi connectivity index (χ1n) is 21.3. The lowest BCUT2D eigenvalue weighted by Gasteiger charge is -2.26. The fourth-order valence-electron chi connectivity index (χ4n) is 6.99. The summed E-state index contributed by atoms with van der Waals surface area (Å²) in [6.45, 7) is 4.52. The zero-order valence-corrected chi connectivity index (χ0v) is 33.9. The Kier molecular flexibility index (Phi) is 33.1. The van der Waals surface area contributed by atoms with Gasteiger partial charge < -0.3 is 24.4 Å². The number of thiocarbonyl (C=S) groups is 2. The molecular weight excluding hydrogens is 649 g/mol. The molecule has 1 fully saturated rings. The molecule has 1 aliphatic heterocycles. The highest BCUT2D eigenvalue weighted by atomic mass is 32.1. The zero-order chi connectivity index (χ0) is 35.6. The van der Waals surface area contributed by atoms with Gasteiger partial charge in [-0.2, -0.15) is 0 Å². The summed E-state index contributed by atoms with van der Waals surface area (Å²) >= 11 is 11.0. The van der Waals surface area contributed by atoms with Gasteiger partial charge in [0.05, 0.1) is 13.2 Å². The van der Waals surface area contributed by atoms with E-state index in [9.17, 15) is 10.2 Å². The van der Waals surface area contributed by atoms with E-state index in [1.54, 1.807) is 0 Å². The predicted molar refractivity (Wildman–Crippen MR) is 217 cm³/mol. The van der Waals surface area contributed by atoms with Gasteiger partial charge in [0.1, 0.15) is 12.2 Å². The molecule has 1 aliphatic rings. The van der Waals surface area contributed by atoms with Crippen molar-refractivity contribution in [3.05, 3.63) is 0 Å². The summed E-state index contributed by atoms with van der Waals surface area (Å²) in [7, 11) is 0. The third kappa shape index (κ3) is 27.0. The Morgan fingerprint density at radius 2 is 0.878 bits per heavy atom. The topological polar surface area (TPSA) is 68.2 Å². The molecule has 0 radical (unpaired) electrons. The molecular formula is C42H80O5S2. The first-order valence-corrected chi connectivity index (χ1v) is 22.1. The number of aliphatic hydroxyl groups is 2. The highest BCUT2D eigenvalue weighted by Crippen LogP contribution is 2.24. The fourth-order valence-corrected chi connectivity index (χ4v) is 7.53. The highest BCUT2D eigenvalue weighted by molar-refractivity contribution is 7.80. The van der Waals surface area contributed by atoms with E-state index in [1.807, 2.05) is 0 Å². The first-order chi connectivity index (χ1) is 24.0. The van der Waals surface area contributed by atoms with Gasteiger partial charge >= 0.3 is 0 Å². The average Bonchev–Trinajstić information content (AvgIpc) is 3.45. The van der Waals surface area contributed by atoms with Crippen LogP contribution < -0.4 is 0 Å². The smallest absolute Gasteiger partial charge is 0.160 e. The number of ether oxygens (including phenoxy) is 3. The van der Waals surface area contributed by atoms with Crippen molar-refractivity contribution in [2.75, 3.05) is 13.2 Å². The first kappa shape index (κ1) is 46.7. The Morgan fingerprint density at radius 3 is 1.22 bits per heavy atom. The van der Waals surface area contributed by atoms with Crippen molar-refractivity contribution in [1.29, 1.82) is 0 Å². The van der Waals surface area contributed by atoms with Crippen LogP contribution in [0.1, 0.15) is 219 Å². The van der Waals surface area contributed by atoms with E-state index in [0.717, 1.165) is 32.1 Å². The summed E-state index contributed by atoms with van der Waals surface area (Å²) < 4.78 is 17.6. The molecule has 0 aromatic heterocycles. The molecule has 1 rings (SSSR count). The number of unbranched alkanes of at least 4 members (excludes halogenated alkanes) is 28. The van der Waals surface area contributed by atoms with Crippen molar-refractivity contribution in [3.63, 3.8) is 0 Å². The van der Waals surface area contributed by atoms with Crippen LogP contribution in [0.3, 0.4) is 0 Å². The maximum atomic E-state index is 10.9. The van der Waals surface area contributed by atoms with Crippen LogP contribution in [0.5, 0.6) is 0 Å². The lowest BCUT2D eigenvalue weighted by Crippen LogP contribution is -2.43. The van der Waals surface area contributed by atoms with Gasteiger partial charge in [-0.25, -0.2) is 0 Å². The molecule has 4 atom stereocenters. The van der Waals surface area contributed by atoms with Gasteiger partial charge in [0.2, 0.25) is 0 Å². The van der Waals surface area contributed by atoms with E-state index < -0.39 is 24.4 Å². The molecule has 2 N–H and O–H groups in total. The van der Waals surface area contributed by atoms with Crippen LogP contribution in [-0.4, -0.2) is 57.9 Å². The second-order valence-electron chi connectivity index (χ2n) is 14.9. The summed E-state index contributed by atoms with van der Waals surface area (Å²) in [5.41, 5.74) is 0. The maximum Gasteiger partial charge on any atom is 0.160 e. The molecule has 49 heavy (non-hydrogen) atoms. The second kappa shape index (κ2) is 34.7. The Balaban J connectivity index is 2.02. The van der Waals surface area contributed by atoms with Gasteiger partial charge in [-0.15, -0.1) is 0 Å². The molecule has 290 valence electrons. The van der Waals surface area contributed by atoms with Crippen LogP contribution in [-0.2, 0) is 14.2 Å². The molecule has 0 spiro atoms. The van der Waals surface area contributed by atoms with Crippen molar-refractivity contribution >= 4 is 34.5 Å². The minimum absolute atomic E-state index is 0.233. The van der Waals surface area contributed by atoms with Crippen LogP contribution in [0.4, 0.5) is 0 Å². The number of hydrogen-bond donors (Lipinski definition) is 2. The van der Waals surface area contributed by atoms with Crippen molar-refractivity contribution in [3.8, 4) is 0 Å². The fraction of sp³-hybridized carbons (Fsp3) is 0.952. The summed E-state index contributed by atoms with van der Waals surface area (Å²) in [6.07, 6.45) is 38.5. The van der Waals surface area contributed by atoms with Crippen molar-refractivity contribution < 1.29 is 24.4 Å². The number of hydrogen-bond acceptors (Lipinski definition) is 7. The maximum absolute atomic E-state index is 10.9. The number of aliphatic hydroxyl groups excluding tert-OH is 2. The molecule has 0 amide bonds. The molecule has 0 aliphatic carbocycles. The van der Waals surface area contributed by atoms with Gasteiger partial charge in [-0.3, -0.25) is 0 Å². The summed E-state index contributed by atoms with van der Waals surface area (Å²) in [4.78, 5) is 0. The average molecular weight is 729 g/mol. The van der Waals surface area contributed by atoms with Crippen LogP contribution in [0.2, 0.25) is 0 Å². The number of rotatable bonds is 36. The van der Waals surface area contributed by atoms with E-state index in [1.165, 1.54) is 167 Å². The van der Waals surface area contributed by atoms with Gasteiger partial charge in [0.25, 0.3) is 0 Å². The lowest BCUT2D eigenvalue weighted by molar-refractivity contribution is -0.0615. The quantitative estimate of drug-likeness (QED) is 0.0492. The van der Waals surface area contributed by atoms with E-state index >= 15 is 0 Å². The van der Waals surface area contributed by atoms with E-state index in [2.05, 4.69) is 13.8 Å². The third-order valence-electron chi connectivity index (χ3n) is 10.3. The molecule has 0 bridgehead atoms. The summed E-state index contributed by atoms with van der Waals surface area (Å²) in [5.74, 6) is 0. The SMILES string of the molecule is CCCCCCCCCCCCCCCCCC(=S)O[C@@H](CO)[C@H]1OC[C@@H](OC(=S)CCCCCCCCCCCCCCCCC)[C@H]1O. The molecule has 0 aromatic rings. The van der Waals surface area contributed by atoms with E-state index in [-0.39, 0.29) is 13.2 Å². The molecule has 5 nitrogen and oxygen atoms in total. The second-order valence-corrected chi connectivity index (χ2v) is 15.8. The van der Waals surface area contributed by atoms with Crippen LogP contribution >= 0.6 is 24.4 Å². The molecule has 1 saturated heterocycles. The summed E-state index contributed by atoms with van der Waals surface area (Å²) in [6, 6.07) is 0. The normalized spacial score (nSPS) is 18.2. The molecule has 1 heterocycles. The highest BCUT2D eigenvalue weighted by Gasteiger charge is 2.43. The van der Waals surface area contributed by atoms with Crippen LogP contribution in [0.15, 0.2) is 0 Å². The van der Waals surface area contributed by atoms with Crippen LogP contribution in [0.25, 0.3) is 0 Å². The van der Waals surface area contributed by atoms with Gasteiger partial charge in [-0.1, -0.05) is 194 Å². The lowest BCUT2D eigenvalue weighted by atomic mass is 10.0. The predicted octanol–water partition coefficient (Wildman–Crippen LogP) is 12.7. The minimum Gasteiger partial charge on any atom is -0.479 e. The van der Waals surface area contributed by atoms with Crippen molar-refractivity contribution in [2.45, 2.75) is 244 Å².